The van der Waals surface area contributed by atoms with Crippen LogP contribution in [0.25, 0.3) is 11.3 Å². The first-order valence-corrected chi connectivity index (χ1v) is 7.47. The van der Waals surface area contributed by atoms with Gasteiger partial charge in [-0.15, -0.1) is 0 Å². The first-order chi connectivity index (χ1) is 11.4. The lowest BCUT2D eigenvalue weighted by atomic mass is 10.0. The van der Waals surface area contributed by atoms with Gasteiger partial charge < -0.3 is 19.4 Å². The van der Waals surface area contributed by atoms with Crippen molar-refractivity contribution >= 4 is 5.97 Å². The molecule has 0 bridgehead atoms. The van der Waals surface area contributed by atoms with E-state index in [0.717, 1.165) is 0 Å². The average Bonchev–Trinajstić information content (AvgIpc) is 3.00. The lowest BCUT2D eigenvalue weighted by Crippen LogP contribution is -2.05. The number of carbonyl (C=O) groups is 1. The zero-order chi connectivity index (χ0) is 17.7. The van der Waals surface area contributed by atoms with Crippen LogP contribution in [0.4, 0.5) is 0 Å². The standard InChI is InChI=1S/C17H19NO6/c1-10(18-22)3-4-13-5-6-15(24-13)17-11(8-16(21)23-2)7-12(19)9-14(17)20/h5-7,9-10,19-20H,3-4,8H2,1-2H3. The summed E-state index contributed by atoms with van der Waals surface area (Å²) in [5, 5.41) is 22.7. The van der Waals surface area contributed by atoms with E-state index < -0.39 is 5.97 Å². The predicted octanol–water partition coefficient (Wildman–Crippen LogP) is 3.16. The highest BCUT2D eigenvalue weighted by Crippen LogP contribution is 2.37. The van der Waals surface area contributed by atoms with Gasteiger partial charge in [0.05, 0.1) is 25.1 Å². The number of methoxy groups -OCH3 is 1. The van der Waals surface area contributed by atoms with Crippen LogP contribution in [0.5, 0.6) is 11.5 Å². The van der Waals surface area contributed by atoms with Crippen LogP contribution in [0.1, 0.15) is 24.7 Å². The molecule has 0 aliphatic heterocycles. The number of ether oxygens (including phenoxy) is 1. The maximum atomic E-state index is 11.5. The number of aryl methyl sites for hydroxylation is 1. The number of benzene rings is 1. The Morgan fingerprint density at radius 1 is 1.33 bits per heavy atom. The van der Waals surface area contributed by atoms with Crippen LogP contribution in [-0.4, -0.2) is 29.3 Å². The van der Waals surface area contributed by atoms with E-state index >= 15 is 0 Å². The third kappa shape index (κ3) is 4.13. The van der Waals surface area contributed by atoms with Crippen LogP contribution < -0.4 is 0 Å². The molecule has 0 amide bonds. The molecule has 0 spiro atoms. The molecule has 128 valence electrons. The predicted molar refractivity (Wildman–Crippen MR) is 86.8 cm³/mol. The molecule has 0 saturated heterocycles. The van der Waals surface area contributed by atoms with Crippen molar-refractivity contribution < 1.29 is 24.2 Å². The van der Waals surface area contributed by atoms with Gasteiger partial charge in [-0.05, 0) is 37.1 Å². The number of carbonyl (C=O) groups excluding carboxylic acids is 1. The quantitative estimate of drug-likeness (QED) is 0.595. The average molecular weight is 333 g/mol. The molecule has 1 aromatic carbocycles. The Morgan fingerprint density at radius 2 is 2.08 bits per heavy atom. The molecule has 2 aromatic rings. The number of hydrogen-bond donors (Lipinski definition) is 2. The Bertz CT molecular complexity index is 737. The minimum Gasteiger partial charge on any atom is -0.508 e. The number of phenols is 2. The minimum absolute atomic E-state index is 0.115. The fourth-order valence-electron chi connectivity index (χ4n) is 2.37. The number of rotatable bonds is 7. The Labute approximate surface area is 138 Å². The molecule has 1 unspecified atom stereocenters. The van der Waals surface area contributed by atoms with Crippen LogP contribution in [-0.2, 0) is 22.4 Å². The summed E-state index contributed by atoms with van der Waals surface area (Å²) in [5.41, 5.74) is 0.717. The first kappa shape index (κ1) is 17.5. The van der Waals surface area contributed by atoms with Crippen LogP contribution in [0.3, 0.4) is 0 Å². The second-order valence-corrected chi connectivity index (χ2v) is 5.51. The Morgan fingerprint density at radius 3 is 2.75 bits per heavy atom. The van der Waals surface area contributed by atoms with E-state index in [0.29, 0.717) is 35.5 Å². The summed E-state index contributed by atoms with van der Waals surface area (Å²) in [4.78, 5) is 22.0. The van der Waals surface area contributed by atoms with Gasteiger partial charge in [0, 0.05) is 12.5 Å². The second-order valence-electron chi connectivity index (χ2n) is 5.51. The number of phenolic OH excluding ortho intramolecular Hbond substituents is 2. The molecule has 7 nitrogen and oxygen atoms in total. The number of hydrogen-bond acceptors (Lipinski definition) is 7. The summed E-state index contributed by atoms with van der Waals surface area (Å²) in [6.45, 7) is 1.72. The second kappa shape index (κ2) is 7.63. The van der Waals surface area contributed by atoms with Gasteiger partial charge in [0.25, 0.3) is 0 Å². The van der Waals surface area contributed by atoms with Gasteiger partial charge in [-0.1, -0.05) is 5.18 Å². The molecular formula is C17H19NO6. The van der Waals surface area contributed by atoms with Crippen LogP contribution >= 0.6 is 0 Å². The highest BCUT2D eigenvalue weighted by molar-refractivity contribution is 5.79. The van der Waals surface area contributed by atoms with E-state index in [4.69, 9.17) is 4.42 Å². The molecule has 7 heteroatoms. The number of nitroso groups, excluding NO2 is 1. The molecule has 1 aromatic heterocycles. The van der Waals surface area contributed by atoms with Crippen LogP contribution in [0.2, 0.25) is 0 Å². The van der Waals surface area contributed by atoms with Crippen molar-refractivity contribution in [3.63, 3.8) is 0 Å². The topological polar surface area (TPSA) is 109 Å². The van der Waals surface area contributed by atoms with Gasteiger partial charge in [0.15, 0.2) is 0 Å². The van der Waals surface area contributed by atoms with Crippen molar-refractivity contribution in [1.29, 1.82) is 0 Å². The largest absolute Gasteiger partial charge is 0.508 e. The normalized spacial score (nSPS) is 11.9. The molecule has 0 saturated carbocycles. The molecular weight excluding hydrogens is 314 g/mol. The van der Waals surface area contributed by atoms with Gasteiger partial charge in [-0.25, -0.2) is 0 Å². The maximum Gasteiger partial charge on any atom is 0.310 e. The molecule has 2 rings (SSSR count). The third-order valence-corrected chi connectivity index (χ3v) is 3.64. The van der Waals surface area contributed by atoms with Crippen LogP contribution in [0, 0.1) is 4.91 Å². The van der Waals surface area contributed by atoms with Crippen molar-refractivity contribution in [3.05, 3.63) is 40.5 Å². The van der Waals surface area contributed by atoms with Crippen LogP contribution in [0.15, 0.2) is 33.9 Å². The van der Waals surface area contributed by atoms with Gasteiger partial charge in [-0.3, -0.25) is 4.79 Å². The molecule has 0 fully saturated rings. The summed E-state index contributed by atoms with van der Waals surface area (Å²) in [5.74, 6) is 0.148. The Hall–Kier alpha value is -2.83. The fourth-order valence-corrected chi connectivity index (χ4v) is 2.37. The summed E-state index contributed by atoms with van der Waals surface area (Å²) < 4.78 is 10.3. The van der Waals surface area contributed by atoms with E-state index in [1.165, 1.54) is 19.2 Å². The maximum absolute atomic E-state index is 11.5. The van der Waals surface area contributed by atoms with Crippen molar-refractivity contribution in [3.8, 4) is 22.8 Å². The summed E-state index contributed by atoms with van der Waals surface area (Å²) >= 11 is 0. The number of esters is 1. The number of furan rings is 1. The minimum atomic E-state index is -0.501. The summed E-state index contributed by atoms with van der Waals surface area (Å²) in [6, 6.07) is 5.65. The van der Waals surface area contributed by atoms with Crippen molar-refractivity contribution in [2.75, 3.05) is 7.11 Å². The number of nitrogens with zero attached hydrogens (tertiary/aromatic N) is 1. The molecule has 1 heterocycles. The third-order valence-electron chi connectivity index (χ3n) is 3.64. The highest BCUT2D eigenvalue weighted by Gasteiger charge is 2.18. The van der Waals surface area contributed by atoms with E-state index in [1.807, 2.05) is 0 Å². The molecule has 0 aliphatic rings. The van der Waals surface area contributed by atoms with Gasteiger partial charge in [0.2, 0.25) is 0 Å². The van der Waals surface area contributed by atoms with E-state index in [9.17, 15) is 19.9 Å². The molecule has 2 N–H and O–H groups in total. The molecule has 0 radical (unpaired) electrons. The lowest BCUT2D eigenvalue weighted by Gasteiger charge is -2.10. The monoisotopic (exact) mass is 333 g/mol. The summed E-state index contributed by atoms with van der Waals surface area (Å²) in [6.07, 6.45) is 0.959. The zero-order valence-corrected chi connectivity index (χ0v) is 13.5. The fraction of sp³-hybridized carbons (Fsp3) is 0.353. The zero-order valence-electron chi connectivity index (χ0n) is 13.5. The van der Waals surface area contributed by atoms with E-state index in [-0.39, 0.29) is 24.0 Å². The van der Waals surface area contributed by atoms with E-state index in [2.05, 4.69) is 9.91 Å². The molecule has 0 aliphatic carbocycles. The smallest absolute Gasteiger partial charge is 0.310 e. The van der Waals surface area contributed by atoms with Crippen molar-refractivity contribution in [2.45, 2.75) is 32.2 Å². The first-order valence-electron chi connectivity index (χ1n) is 7.47. The van der Waals surface area contributed by atoms with Gasteiger partial charge in [-0.2, -0.15) is 4.91 Å². The number of aromatic hydroxyl groups is 2. The van der Waals surface area contributed by atoms with Crippen molar-refractivity contribution in [1.82, 2.24) is 0 Å². The Kier molecular flexibility index (Phi) is 5.57. The Balaban J connectivity index is 2.32. The SMILES string of the molecule is COC(=O)Cc1cc(O)cc(O)c1-c1ccc(CCC(C)N=O)o1. The van der Waals surface area contributed by atoms with Gasteiger partial charge in [0.1, 0.15) is 23.0 Å². The summed E-state index contributed by atoms with van der Waals surface area (Å²) in [7, 11) is 1.26. The van der Waals surface area contributed by atoms with E-state index in [1.54, 1.807) is 19.1 Å². The van der Waals surface area contributed by atoms with Crippen molar-refractivity contribution in [2.24, 2.45) is 5.18 Å². The highest BCUT2D eigenvalue weighted by atomic mass is 16.5. The lowest BCUT2D eigenvalue weighted by molar-refractivity contribution is -0.139. The molecule has 24 heavy (non-hydrogen) atoms. The molecule has 1 atom stereocenters. The van der Waals surface area contributed by atoms with Gasteiger partial charge >= 0.3 is 5.97 Å².